The van der Waals surface area contributed by atoms with Crippen LogP contribution in [0.25, 0.3) is 0 Å². The molecule has 0 N–H and O–H groups in total. The van der Waals surface area contributed by atoms with E-state index in [1.165, 1.54) is 0 Å². The summed E-state index contributed by atoms with van der Waals surface area (Å²) in [6, 6.07) is 4.93. The van der Waals surface area contributed by atoms with Crippen molar-refractivity contribution in [3.8, 4) is 0 Å². The lowest BCUT2D eigenvalue weighted by molar-refractivity contribution is -0.386. The van der Waals surface area contributed by atoms with Gasteiger partial charge in [-0.1, -0.05) is 12.1 Å². The second kappa shape index (κ2) is 3.00. The predicted octanol–water partition coefficient (Wildman–Crippen LogP) is 2.54. The Labute approximate surface area is 72.3 Å². The maximum absolute atomic E-state index is 10.4. The van der Waals surface area contributed by atoms with Crippen molar-refractivity contribution < 1.29 is 4.92 Å². The quantitative estimate of drug-likeness (QED) is 0.533. The first-order valence-electron chi connectivity index (χ1n) is 2.88. The van der Waals surface area contributed by atoms with Crippen LogP contribution in [0, 0.1) is 17.0 Å². The van der Waals surface area contributed by atoms with E-state index >= 15 is 0 Å². The Kier molecular flexibility index (Phi) is 2.24. The van der Waals surface area contributed by atoms with Gasteiger partial charge in [0.1, 0.15) is 0 Å². The fourth-order valence-electron chi connectivity index (χ4n) is 0.764. The molecule has 0 saturated carbocycles. The highest BCUT2D eigenvalue weighted by Crippen LogP contribution is 2.27. The maximum Gasteiger partial charge on any atom is 0.286 e. The van der Waals surface area contributed by atoms with Gasteiger partial charge >= 0.3 is 0 Å². The second-order valence-electron chi connectivity index (χ2n) is 2.00. The van der Waals surface area contributed by atoms with Crippen molar-refractivity contribution in [2.45, 2.75) is 0 Å². The van der Waals surface area contributed by atoms with Crippen LogP contribution in [0.2, 0.25) is 0 Å². The molecule has 4 heteroatoms. The van der Waals surface area contributed by atoms with E-state index in [1.807, 2.05) is 0 Å². The summed E-state index contributed by atoms with van der Waals surface area (Å²) >= 11 is 3.07. The van der Waals surface area contributed by atoms with E-state index in [9.17, 15) is 10.1 Å². The summed E-state index contributed by atoms with van der Waals surface area (Å²) in [5, 5.41) is 10.4. The predicted molar refractivity (Wildman–Crippen MR) is 45.3 cm³/mol. The lowest BCUT2D eigenvalue weighted by Gasteiger charge is -1.96. The molecule has 57 valence electrons. The minimum Gasteiger partial charge on any atom is -0.258 e. The fourth-order valence-corrected chi connectivity index (χ4v) is 1.32. The zero-order chi connectivity index (χ0) is 8.43. The van der Waals surface area contributed by atoms with Gasteiger partial charge in [0.15, 0.2) is 0 Å². The van der Waals surface area contributed by atoms with E-state index in [-0.39, 0.29) is 5.69 Å². The summed E-state index contributed by atoms with van der Waals surface area (Å²) in [7, 11) is 0. The number of nitrogens with zero attached hydrogens (tertiary/aromatic N) is 1. The van der Waals surface area contributed by atoms with Crippen LogP contribution in [-0.2, 0) is 0 Å². The minimum atomic E-state index is -0.452. The number of nitro benzene ring substituents is 1. The third-order valence-corrected chi connectivity index (χ3v) is 1.89. The van der Waals surface area contributed by atoms with Crippen LogP contribution < -0.4 is 0 Å². The van der Waals surface area contributed by atoms with Gasteiger partial charge in [0, 0.05) is 5.56 Å². The Morgan fingerprint density at radius 1 is 1.55 bits per heavy atom. The van der Waals surface area contributed by atoms with Gasteiger partial charge in [-0.15, -0.1) is 0 Å². The van der Waals surface area contributed by atoms with Gasteiger partial charge in [-0.3, -0.25) is 10.1 Å². The molecule has 1 rings (SSSR count). The molecule has 1 aromatic rings. The largest absolute Gasteiger partial charge is 0.286 e. The number of nitro groups is 1. The van der Waals surface area contributed by atoms with Gasteiger partial charge in [0.25, 0.3) is 5.69 Å². The Hall–Kier alpha value is -0.900. The van der Waals surface area contributed by atoms with Crippen molar-refractivity contribution in [2.24, 2.45) is 0 Å². The van der Waals surface area contributed by atoms with E-state index in [4.69, 9.17) is 0 Å². The Balaban J connectivity index is 3.32. The van der Waals surface area contributed by atoms with Crippen LogP contribution >= 0.6 is 15.9 Å². The molecule has 11 heavy (non-hydrogen) atoms. The molecule has 0 aliphatic heterocycles. The molecule has 1 aromatic carbocycles. The lowest BCUT2D eigenvalue weighted by atomic mass is 10.2. The molecule has 0 spiro atoms. The normalized spacial score (nSPS) is 9.64. The smallest absolute Gasteiger partial charge is 0.258 e. The lowest BCUT2D eigenvalue weighted by Crippen LogP contribution is -1.91. The van der Waals surface area contributed by atoms with Gasteiger partial charge in [-0.2, -0.15) is 0 Å². The number of hydrogen-bond acceptors (Lipinski definition) is 2. The van der Waals surface area contributed by atoms with Gasteiger partial charge < -0.3 is 0 Å². The van der Waals surface area contributed by atoms with Gasteiger partial charge in [0.05, 0.1) is 9.40 Å². The van der Waals surface area contributed by atoms with Crippen molar-refractivity contribution in [3.63, 3.8) is 0 Å². The van der Waals surface area contributed by atoms with Crippen molar-refractivity contribution in [2.75, 3.05) is 0 Å². The standard InChI is InChI=1S/C7H5BrNO2/c1-5-3-2-4-6(8)7(5)9(10)11/h2-4H,1H2. The Bertz CT molecular complexity index is 278. The number of benzene rings is 1. The summed E-state index contributed by atoms with van der Waals surface area (Å²) in [5.74, 6) is 0. The molecular formula is C7H5BrNO2. The zero-order valence-corrected chi connectivity index (χ0v) is 7.17. The molecule has 0 aliphatic carbocycles. The van der Waals surface area contributed by atoms with Crippen molar-refractivity contribution in [3.05, 3.63) is 45.3 Å². The van der Waals surface area contributed by atoms with Crippen LogP contribution in [0.4, 0.5) is 5.69 Å². The molecule has 3 nitrogen and oxygen atoms in total. The number of halogens is 1. The van der Waals surface area contributed by atoms with Gasteiger partial charge in [-0.25, -0.2) is 0 Å². The maximum atomic E-state index is 10.4. The summed E-state index contributed by atoms with van der Waals surface area (Å²) < 4.78 is 0.468. The molecule has 0 unspecified atom stereocenters. The highest BCUT2D eigenvalue weighted by molar-refractivity contribution is 9.10. The molecule has 1 radical (unpaired) electrons. The van der Waals surface area contributed by atoms with E-state index in [0.717, 1.165) is 0 Å². The number of rotatable bonds is 1. The number of hydrogen-bond donors (Lipinski definition) is 0. The third kappa shape index (κ3) is 1.57. The first-order valence-corrected chi connectivity index (χ1v) is 3.67. The van der Waals surface area contributed by atoms with Crippen LogP contribution in [0.5, 0.6) is 0 Å². The molecule has 0 amide bonds. The topological polar surface area (TPSA) is 43.1 Å². The molecule has 0 aliphatic rings. The minimum absolute atomic E-state index is 0.0347. The second-order valence-corrected chi connectivity index (χ2v) is 2.86. The summed E-state index contributed by atoms with van der Waals surface area (Å²) in [4.78, 5) is 9.93. The third-order valence-electron chi connectivity index (χ3n) is 1.25. The highest BCUT2D eigenvalue weighted by Gasteiger charge is 2.13. The highest BCUT2D eigenvalue weighted by atomic mass is 79.9. The Morgan fingerprint density at radius 2 is 2.18 bits per heavy atom. The van der Waals surface area contributed by atoms with Crippen molar-refractivity contribution in [1.82, 2.24) is 0 Å². The van der Waals surface area contributed by atoms with Crippen molar-refractivity contribution in [1.29, 1.82) is 0 Å². The van der Waals surface area contributed by atoms with Crippen LogP contribution in [-0.4, -0.2) is 4.92 Å². The van der Waals surface area contributed by atoms with Crippen LogP contribution in [0.15, 0.2) is 22.7 Å². The van der Waals surface area contributed by atoms with Crippen molar-refractivity contribution >= 4 is 21.6 Å². The molecule has 0 aromatic heterocycles. The fraction of sp³-hybridized carbons (Fsp3) is 0. The van der Waals surface area contributed by atoms with Gasteiger partial charge in [-0.05, 0) is 28.9 Å². The summed E-state index contributed by atoms with van der Waals surface area (Å²) in [6.45, 7) is 3.53. The average Bonchev–Trinajstić information content (AvgIpc) is 1.85. The molecule has 0 saturated heterocycles. The van der Waals surface area contributed by atoms with E-state index in [2.05, 4.69) is 22.9 Å². The first-order chi connectivity index (χ1) is 5.13. The van der Waals surface area contributed by atoms with E-state index in [1.54, 1.807) is 18.2 Å². The summed E-state index contributed by atoms with van der Waals surface area (Å²) in [6.07, 6.45) is 0. The van der Waals surface area contributed by atoms with E-state index < -0.39 is 4.92 Å². The molecule has 0 heterocycles. The number of para-hydroxylation sites is 1. The monoisotopic (exact) mass is 214 g/mol. The SMILES string of the molecule is [CH2]c1cccc(Br)c1[N+](=O)[O-]. The zero-order valence-electron chi connectivity index (χ0n) is 5.58. The molecule has 0 atom stereocenters. The molecule has 0 bridgehead atoms. The van der Waals surface area contributed by atoms with E-state index in [0.29, 0.717) is 10.0 Å². The molecular weight excluding hydrogens is 210 g/mol. The Morgan fingerprint density at radius 3 is 2.55 bits per heavy atom. The van der Waals surface area contributed by atoms with Crippen LogP contribution in [0.1, 0.15) is 5.56 Å². The summed E-state index contributed by atoms with van der Waals surface area (Å²) in [5.41, 5.74) is 0.455. The molecule has 0 fully saturated rings. The van der Waals surface area contributed by atoms with Crippen LogP contribution in [0.3, 0.4) is 0 Å². The van der Waals surface area contributed by atoms with Gasteiger partial charge in [0.2, 0.25) is 0 Å². The average molecular weight is 215 g/mol. The first kappa shape index (κ1) is 8.20.